The summed E-state index contributed by atoms with van der Waals surface area (Å²) in [6, 6.07) is 2.53. The number of hydrogen-bond donors (Lipinski definition) is 1. The second-order valence-electron chi connectivity index (χ2n) is 2.19. The third-order valence-electron chi connectivity index (χ3n) is 1.19. The highest BCUT2D eigenvalue weighted by atomic mass is 32.2. The zero-order chi connectivity index (χ0) is 9.90. The molecule has 0 saturated carbocycles. The quantitative estimate of drug-likeness (QED) is 0.751. The molecule has 0 aliphatic carbocycles. The van der Waals surface area contributed by atoms with E-state index in [1.165, 1.54) is 12.3 Å². The van der Waals surface area contributed by atoms with Crippen LogP contribution in [-0.2, 0) is 21.1 Å². The van der Waals surface area contributed by atoms with Gasteiger partial charge in [-0.2, -0.15) is 8.42 Å². The van der Waals surface area contributed by atoms with E-state index in [-0.39, 0.29) is 5.69 Å². The molecule has 72 valence electrons. The van der Waals surface area contributed by atoms with E-state index in [1.807, 2.05) is 0 Å². The van der Waals surface area contributed by atoms with Crippen LogP contribution in [0.15, 0.2) is 18.3 Å². The molecular weight excluding hydrogens is 199 g/mol. The molecule has 0 spiro atoms. The van der Waals surface area contributed by atoms with E-state index in [0.29, 0.717) is 0 Å². The first-order valence-electron chi connectivity index (χ1n) is 3.25. The lowest BCUT2D eigenvalue weighted by Gasteiger charge is -2.00. The summed E-state index contributed by atoms with van der Waals surface area (Å²) in [4.78, 5) is 3.56. The third-order valence-corrected chi connectivity index (χ3v) is 1.64. The molecule has 1 aromatic rings. The van der Waals surface area contributed by atoms with E-state index in [1.54, 1.807) is 0 Å². The molecule has 7 heteroatoms. The highest BCUT2D eigenvalue weighted by molar-refractivity contribution is 7.84. The van der Waals surface area contributed by atoms with Crippen molar-refractivity contribution in [1.29, 1.82) is 0 Å². The van der Waals surface area contributed by atoms with E-state index in [9.17, 15) is 12.8 Å². The third kappa shape index (κ3) is 3.45. The van der Waals surface area contributed by atoms with Crippen LogP contribution in [-0.4, -0.2) is 13.4 Å². The van der Waals surface area contributed by atoms with Crippen LogP contribution in [0.3, 0.4) is 0 Å². The lowest BCUT2D eigenvalue weighted by atomic mass is 10.3. The van der Waals surface area contributed by atoms with Crippen LogP contribution in [0.1, 0.15) is 5.69 Å². The van der Waals surface area contributed by atoms with E-state index < -0.39 is 22.7 Å². The maximum atomic E-state index is 12.8. The van der Waals surface area contributed by atoms with Crippen molar-refractivity contribution in [2.75, 3.05) is 0 Å². The van der Waals surface area contributed by atoms with Gasteiger partial charge in [0.05, 0.1) is 0 Å². The highest BCUT2D eigenvalue weighted by Crippen LogP contribution is 2.04. The zero-order valence-corrected chi connectivity index (χ0v) is 7.29. The summed E-state index contributed by atoms with van der Waals surface area (Å²) in [5, 5.41) is 4.53. The van der Waals surface area contributed by atoms with Crippen molar-refractivity contribution in [3.63, 3.8) is 0 Å². The second kappa shape index (κ2) is 3.77. The van der Waals surface area contributed by atoms with Crippen molar-refractivity contribution in [1.82, 2.24) is 4.98 Å². The van der Waals surface area contributed by atoms with Gasteiger partial charge < -0.3 is 0 Å². The van der Waals surface area contributed by atoms with Gasteiger partial charge in [0.15, 0.2) is 0 Å². The van der Waals surface area contributed by atoms with Crippen molar-refractivity contribution < 1.29 is 17.0 Å². The molecule has 0 bridgehead atoms. The summed E-state index contributed by atoms with van der Waals surface area (Å²) in [6.45, 7) is -0.495. The molecule has 0 radical (unpaired) electrons. The number of nitrogens with two attached hydrogens (primary N) is 1. The first-order valence-corrected chi connectivity index (χ1v) is 4.73. The Kier molecular flexibility index (Phi) is 2.91. The van der Waals surface area contributed by atoms with Gasteiger partial charge in [0.2, 0.25) is 0 Å². The maximum Gasteiger partial charge on any atom is 0.333 e. The Bertz CT molecular complexity index is 393. The summed E-state index contributed by atoms with van der Waals surface area (Å²) < 4.78 is 37.6. The van der Waals surface area contributed by atoms with E-state index in [4.69, 9.17) is 0 Å². The van der Waals surface area contributed by atoms with Crippen molar-refractivity contribution in [3.05, 3.63) is 29.8 Å². The average Bonchev–Trinajstić information content (AvgIpc) is 2.01. The summed E-state index contributed by atoms with van der Waals surface area (Å²) in [5.41, 5.74) is -0.100. The van der Waals surface area contributed by atoms with Crippen LogP contribution in [0.5, 0.6) is 0 Å². The molecular formula is C6H7FN2O3S. The SMILES string of the molecule is NS(=O)(=O)OCc1ncccc1F. The fourth-order valence-electron chi connectivity index (χ4n) is 0.663. The molecule has 13 heavy (non-hydrogen) atoms. The van der Waals surface area contributed by atoms with Gasteiger partial charge in [-0.1, -0.05) is 0 Å². The topological polar surface area (TPSA) is 82.3 Å². The number of rotatable bonds is 3. The normalized spacial score (nSPS) is 11.5. The van der Waals surface area contributed by atoms with E-state index >= 15 is 0 Å². The molecule has 2 N–H and O–H groups in total. The molecule has 0 atom stereocenters. The predicted molar refractivity (Wildman–Crippen MR) is 42.1 cm³/mol. The predicted octanol–water partition coefficient (Wildman–Crippen LogP) is -0.0592. The minimum atomic E-state index is -4.05. The molecule has 1 rings (SSSR count). The van der Waals surface area contributed by atoms with Crippen LogP contribution in [0, 0.1) is 5.82 Å². The van der Waals surface area contributed by atoms with Gasteiger partial charge in [0, 0.05) is 6.20 Å². The lowest BCUT2D eigenvalue weighted by Crippen LogP contribution is -2.16. The number of nitrogens with zero attached hydrogens (tertiary/aromatic N) is 1. The van der Waals surface area contributed by atoms with Gasteiger partial charge >= 0.3 is 10.3 Å². The molecule has 0 unspecified atom stereocenters. The van der Waals surface area contributed by atoms with Crippen molar-refractivity contribution in [3.8, 4) is 0 Å². The molecule has 1 heterocycles. The van der Waals surface area contributed by atoms with Gasteiger partial charge in [-0.25, -0.2) is 9.53 Å². The van der Waals surface area contributed by atoms with Crippen molar-refractivity contribution >= 4 is 10.3 Å². The summed E-state index contributed by atoms with van der Waals surface area (Å²) in [6.07, 6.45) is 1.32. The monoisotopic (exact) mass is 206 g/mol. The Balaban J connectivity index is 2.71. The molecule has 0 amide bonds. The maximum absolute atomic E-state index is 12.8. The number of halogens is 1. The van der Waals surface area contributed by atoms with Crippen LogP contribution in [0.2, 0.25) is 0 Å². The van der Waals surface area contributed by atoms with Gasteiger partial charge in [0.1, 0.15) is 18.1 Å². The summed E-state index contributed by atoms with van der Waals surface area (Å²) in [7, 11) is -4.05. The fraction of sp³-hybridized carbons (Fsp3) is 0.167. The van der Waals surface area contributed by atoms with Gasteiger partial charge in [-0.15, -0.1) is 0 Å². The molecule has 1 aromatic heterocycles. The van der Waals surface area contributed by atoms with Crippen LogP contribution in [0.25, 0.3) is 0 Å². The molecule has 5 nitrogen and oxygen atoms in total. The number of pyridine rings is 1. The first-order chi connectivity index (χ1) is 5.99. The fourth-order valence-corrected chi connectivity index (χ4v) is 0.938. The smallest absolute Gasteiger partial charge is 0.256 e. The van der Waals surface area contributed by atoms with Gasteiger partial charge in [0.25, 0.3) is 0 Å². The average molecular weight is 206 g/mol. The van der Waals surface area contributed by atoms with Gasteiger partial charge in [-0.05, 0) is 12.1 Å². The highest BCUT2D eigenvalue weighted by Gasteiger charge is 2.07. The molecule has 0 fully saturated rings. The number of aromatic nitrogens is 1. The minimum absolute atomic E-state index is 0.100. The van der Waals surface area contributed by atoms with Gasteiger partial charge in [-0.3, -0.25) is 9.17 Å². The molecule has 0 saturated heterocycles. The largest absolute Gasteiger partial charge is 0.333 e. The summed E-state index contributed by atoms with van der Waals surface area (Å²) in [5.74, 6) is -0.633. The minimum Gasteiger partial charge on any atom is -0.256 e. The summed E-state index contributed by atoms with van der Waals surface area (Å²) >= 11 is 0. The Morgan fingerprint density at radius 2 is 2.31 bits per heavy atom. The first kappa shape index (κ1) is 10.0. The van der Waals surface area contributed by atoms with E-state index in [0.717, 1.165) is 6.07 Å². The lowest BCUT2D eigenvalue weighted by molar-refractivity contribution is 0.297. The Hall–Kier alpha value is -1.05. The second-order valence-corrected chi connectivity index (χ2v) is 3.41. The molecule has 0 aliphatic heterocycles. The van der Waals surface area contributed by atoms with Crippen LogP contribution in [0.4, 0.5) is 4.39 Å². The molecule has 0 aliphatic rings. The van der Waals surface area contributed by atoms with Crippen LogP contribution >= 0.6 is 0 Å². The Morgan fingerprint density at radius 1 is 1.62 bits per heavy atom. The zero-order valence-electron chi connectivity index (χ0n) is 6.47. The Labute approximate surface area is 74.6 Å². The van der Waals surface area contributed by atoms with Crippen LogP contribution < -0.4 is 5.14 Å². The molecule has 0 aromatic carbocycles. The van der Waals surface area contributed by atoms with E-state index in [2.05, 4.69) is 14.3 Å². The van der Waals surface area contributed by atoms with Crippen molar-refractivity contribution in [2.45, 2.75) is 6.61 Å². The standard InChI is InChI=1S/C6H7FN2O3S/c7-5-2-1-3-9-6(5)4-12-13(8,10)11/h1-3H,4H2,(H2,8,10,11). The number of hydrogen-bond acceptors (Lipinski definition) is 4. The Morgan fingerprint density at radius 3 is 2.85 bits per heavy atom. The van der Waals surface area contributed by atoms with Crippen molar-refractivity contribution in [2.24, 2.45) is 5.14 Å².